The number of rotatable bonds is 6. The van der Waals surface area contributed by atoms with Crippen molar-refractivity contribution >= 4 is 44.6 Å². The number of anilines is 4. The monoisotopic (exact) mass is 1080 g/mol. The first-order chi connectivity index (χ1) is 31.3. The fourth-order valence-electron chi connectivity index (χ4n) is 8.94. The van der Waals surface area contributed by atoms with Crippen LogP contribution in [-0.4, -0.2) is 9.55 Å². The van der Waals surface area contributed by atoms with Crippen LogP contribution in [-0.2, 0) is 48.1 Å². The molecule has 5 nitrogen and oxygen atoms in total. The van der Waals surface area contributed by atoms with Gasteiger partial charge in [-0.2, -0.15) is 6.07 Å². The predicted molar refractivity (Wildman–Crippen MR) is 283 cm³/mol. The first-order valence-electron chi connectivity index (χ1n) is 23.9. The third-order valence-electron chi connectivity index (χ3n) is 13.3. The van der Waals surface area contributed by atoms with Crippen LogP contribution in [0.25, 0.3) is 38.8 Å². The van der Waals surface area contributed by atoms with E-state index in [2.05, 4.69) is 252 Å². The largest absolute Gasteiger partial charge is 0.509 e. The Bertz CT molecular complexity index is 3130. The molecule has 0 spiro atoms. The van der Waals surface area contributed by atoms with Gasteiger partial charge in [0.25, 0.3) is 0 Å². The van der Waals surface area contributed by atoms with E-state index >= 15 is 0 Å². The van der Waals surface area contributed by atoms with Crippen LogP contribution in [0.5, 0.6) is 11.5 Å². The molecule has 0 saturated carbocycles. The molecule has 0 fully saturated rings. The van der Waals surface area contributed by atoms with Gasteiger partial charge in [-0.25, -0.2) is 4.98 Å². The van der Waals surface area contributed by atoms with E-state index in [-0.39, 0.29) is 48.1 Å². The van der Waals surface area contributed by atoms with Crippen molar-refractivity contribution in [2.75, 3.05) is 9.80 Å². The molecule has 0 unspecified atom stereocenters. The molecule has 1 aliphatic rings. The van der Waals surface area contributed by atoms with Crippen molar-refractivity contribution in [2.45, 2.75) is 131 Å². The Morgan fingerprint density at radius 3 is 1.72 bits per heavy atom. The van der Waals surface area contributed by atoms with Crippen LogP contribution >= 0.6 is 0 Å². The van der Waals surface area contributed by atoms with Crippen molar-refractivity contribution in [3.05, 3.63) is 174 Å². The molecule has 0 amide bonds. The zero-order valence-corrected chi connectivity index (χ0v) is 45.0. The molecule has 9 rings (SSSR count). The summed E-state index contributed by atoms with van der Waals surface area (Å²) in [5.74, 6) is 2.09. The molecule has 0 atom stereocenters. The summed E-state index contributed by atoms with van der Waals surface area (Å²) in [4.78, 5) is 9.63. The van der Waals surface area contributed by atoms with Crippen molar-refractivity contribution in [3.63, 3.8) is 0 Å². The van der Waals surface area contributed by atoms with Gasteiger partial charge in [0.15, 0.2) is 0 Å². The van der Waals surface area contributed by atoms with Gasteiger partial charge in [0.05, 0.1) is 0 Å². The smallest absolute Gasteiger partial charge is 0.135 e. The van der Waals surface area contributed by atoms with E-state index in [4.69, 9.17) is 9.72 Å². The molecule has 2 aromatic heterocycles. The van der Waals surface area contributed by atoms with E-state index in [1.807, 2.05) is 12.3 Å². The van der Waals surface area contributed by atoms with Crippen LogP contribution in [0.3, 0.4) is 0 Å². The summed E-state index contributed by atoms with van der Waals surface area (Å²) in [6.45, 7) is 36.4. The number of pyridine rings is 1. The van der Waals surface area contributed by atoms with Crippen LogP contribution in [0, 0.1) is 18.8 Å². The number of benzene rings is 6. The molecule has 0 saturated heterocycles. The van der Waals surface area contributed by atoms with Crippen LogP contribution in [0.15, 0.2) is 128 Å². The molecule has 0 N–H and O–H groups in total. The van der Waals surface area contributed by atoms with Gasteiger partial charge >= 0.3 is 0 Å². The van der Waals surface area contributed by atoms with Crippen LogP contribution in [0.1, 0.15) is 132 Å². The maximum atomic E-state index is 6.97. The predicted octanol–water partition coefficient (Wildman–Crippen LogP) is 17.1. The first kappa shape index (κ1) is 48.8. The van der Waals surface area contributed by atoms with E-state index < -0.39 is 0 Å². The maximum absolute atomic E-state index is 6.97. The number of hydrogen-bond acceptors (Lipinski definition) is 4. The summed E-state index contributed by atoms with van der Waals surface area (Å²) >= 11 is 0. The Morgan fingerprint density at radius 1 is 0.471 bits per heavy atom. The van der Waals surface area contributed by atoms with Gasteiger partial charge in [0.1, 0.15) is 5.82 Å². The van der Waals surface area contributed by atoms with Gasteiger partial charge in [-0.1, -0.05) is 164 Å². The number of aromatic nitrogens is 2. The summed E-state index contributed by atoms with van der Waals surface area (Å²) in [5, 5.41) is 2.22. The summed E-state index contributed by atoms with van der Waals surface area (Å²) in [6, 6.07) is 51.8. The molecular weight excluding hydrogens is 1010 g/mol. The van der Waals surface area contributed by atoms with Gasteiger partial charge in [-0.15, -0.1) is 53.6 Å². The Hall–Kier alpha value is -5.64. The normalized spacial score (nSPS) is 13.6. The summed E-state index contributed by atoms with van der Waals surface area (Å²) in [5.41, 5.74) is 14.5. The fraction of sp³-hybridized carbons (Fsp3) is 0.323. The van der Waals surface area contributed by atoms with Crippen LogP contribution in [0.2, 0.25) is 0 Å². The minimum atomic E-state index is -0.180. The minimum Gasteiger partial charge on any atom is -0.509 e. The quantitative estimate of drug-likeness (QED) is 0.155. The molecule has 3 heterocycles. The number of nitrogens with zero attached hydrogens (tertiary/aromatic N) is 4. The minimum absolute atomic E-state index is 0. The average Bonchev–Trinajstić information content (AvgIpc) is 3.80. The third-order valence-corrected chi connectivity index (χ3v) is 13.3. The zero-order chi connectivity index (χ0) is 48.0. The van der Waals surface area contributed by atoms with Gasteiger partial charge < -0.3 is 19.1 Å². The van der Waals surface area contributed by atoms with Gasteiger partial charge in [0.2, 0.25) is 0 Å². The Balaban J connectivity index is 0.00000625. The number of fused-ring (bicyclic) bond motifs is 4. The first-order valence-corrected chi connectivity index (χ1v) is 23.9. The third kappa shape index (κ3) is 9.53. The van der Waals surface area contributed by atoms with Gasteiger partial charge in [0, 0.05) is 61.3 Å². The van der Waals surface area contributed by atoms with Gasteiger partial charge in [-0.05, 0) is 108 Å². The zero-order valence-electron chi connectivity index (χ0n) is 42.7. The second-order valence-electron chi connectivity index (χ2n) is 23.7. The summed E-state index contributed by atoms with van der Waals surface area (Å²) in [7, 11) is 0. The van der Waals surface area contributed by atoms with E-state index in [0.717, 1.165) is 61.5 Å². The molecular formula is C62H67N4OPt-3. The molecule has 0 bridgehead atoms. The van der Waals surface area contributed by atoms with Crippen molar-refractivity contribution < 1.29 is 25.8 Å². The Morgan fingerprint density at radius 2 is 1.09 bits per heavy atom. The van der Waals surface area contributed by atoms with E-state index in [1.165, 1.54) is 27.8 Å². The molecule has 0 aliphatic carbocycles. The molecule has 6 aromatic carbocycles. The topological polar surface area (TPSA) is 33.5 Å². The van der Waals surface area contributed by atoms with Crippen molar-refractivity contribution in [2.24, 2.45) is 0 Å². The van der Waals surface area contributed by atoms with E-state index in [9.17, 15) is 0 Å². The SMILES string of the molecule is CC(C)(C)c1cc(Oc2[c-]c3c(cc2)c2cc(-c4ccccc4)ccc2n3-c2cc(C(C)(C)C)ccn2)[c-]c(N2[CH-]N(c3cc(C(C)(C)C)cc(C(C)(C)C)c3)c3ccc(C(C)(C)C)cc32)c1.[Pt]. The molecule has 68 heavy (non-hydrogen) atoms. The van der Waals surface area contributed by atoms with Crippen molar-refractivity contribution in [1.29, 1.82) is 0 Å². The molecule has 6 heteroatoms. The van der Waals surface area contributed by atoms with Crippen molar-refractivity contribution in [3.8, 4) is 28.4 Å². The molecule has 354 valence electrons. The fourth-order valence-corrected chi connectivity index (χ4v) is 8.94. The Labute approximate surface area is 420 Å². The second-order valence-corrected chi connectivity index (χ2v) is 23.7. The van der Waals surface area contributed by atoms with Gasteiger partial charge in [-0.3, -0.25) is 0 Å². The van der Waals surface area contributed by atoms with Crippen LogP contribution < -0.4 is 14.5 Å². The second kappa shape index (κ2) is 17.4. The molecule has 8 aromatic rings. The Kier molecular flexibility index (Phi) is 12.5. The molecule has 1 aliphatic heterocycles. The maximum Gasteiger partial charge on any atom is 0.135 e. The molecule has 0 radical (unpaired) electrons. The van der Waals surface area contributed by atoms with E-state index in [0.29, 0.717) is 11.5 Å². The number of ether oxygens (including phenoxy) is 1. The van der Waals surface area contributed by atoms with Crippen LogP contribution in [0.4, 0.5) is 22.7 Å². The summed E-state index contributed by atoms with van der Waals surface area (Å²) < 4.78 is 9.20. The standard InChI is InChI=1S/C62H67N4O.Pt/c1-58(2,3)42-22-26-54-56(35-42)65(39-64(54)47-31-44(60(7,8)9)30-45(32-47)61(10,11)12)48-33-46(62(13,14)15)34-50(37-48)67-49-23-24-51-52-29-41(40-19-17-16-18-20-40)21-25-53(52)66(55(51)38-49)57-36-43(27-28-63-57)59(4,5)6;/h16-36,39H,1-15H3;/q-3;. The average molecular weight is 1080 g/mol. The van der Waals surface area contributed by atoms with Crippen molar-refractivity contribution in [1.82, 2.24) is 9.55 Å². The summed E-state index contributed by atoms with van der Waals surface area (Å²) in [6.07, 6.45) is 1.92. The van der Waals surface area contributed by atoms with E-state index in [1.54, 1.807) is 0 Å². The number of hydrogen-bond donors (Lipinski definition) is 0.